The third-order valence-corrected chi connectivity index (χ3v) is 3.68. The van der Waals surface area contributed by atoms with Gasteiger partial charge in [0.05, 0.1) is 5.56 Å². The molecule has 0 saturated heterocycles. The molecule has 1 unspecified atom stereocenters. The first kappa shape index (κ1) is 15.6. The van der Waals surface area contributed by atoms with E-state index >= 15 is 0 Å². The maximum Gasteiger partial charge on any atom is 0.416 e. The quantitative estimate of drug-likeness (QED) is 0.769. The Bertz CT molecular complexity index is 519. The molecule has 0 N–H and O–H groups in total. The fourth-order valence-corrected chi connectivity index (χ4v) is 2.41. The first-order valence-corrected chi connectivity index (χ1v) is 6.93. The smallest absolute Gasteiger partial charge is 0.341 e. The van der Waals surface area contributed by atoms with Crippen LogP contribution >= 0.6 is 0 Å². The number of amides is 1. The van der Waals surface area contributed by atoms with Crippen LogP contribution in [0.3, 0.4) is 0 Å². The fraction of sp³-hybridized carbons (Fsp3) is 0.438. The Morgan fingerprint density at radius 3 is 2.48 bits per heavy atom. The van der Waals surface area contributed by atoms with Crippen molar-refractivity contribution in [3.63, 3.8) is 0 Å². The second-order valence-electron chi connectivity index (χ2n) is 5.41. The largest absolute Gasteiger partial charge is 0.416 e. The van der Waals surface area contributed by atoms with Gasteiger partial charge in [-0.1, -0.05) is 24.3 Å². The minimum absolute atomic E-state index is 0.0199. The average molecular weight is 297 g/mol. The third-order valence-electron chi connectivity index (χ3n) is 3.68. The predicted molar refractivity (Wildman–Crippen MR) is 74.4 cm³/mol. The Morgan fingerprint density at radius 2 is 1.95 bits per heavy atom. The molecule has 114 valence electrons. The van der Waals surface area contributed by atoms with E-state index in [0.29, 0.717) is 24.4 Å². The molecule has 1 aromatic carbocycles. The third kappa shape index (κ3) is 4.34. The normalized spacial score (nSPS) is 18.0. The van der Waals surface area contributed by atoms with Gasteiger partial charge in [0.2, 0.25) is 5.91 Å². The van der Waals surface area contributed by atoms with Gasteiger partial charge in [0.15, 0.2) is 0 Å². The molecule has 1 amide bonds. The summed E-state index contributed by atoms with van der Waals surface area (Å²) < 4.78 is 37.4. The summed E-state index contributed by atoms with van der Waals surface area (Å²) in [4.78, 5) is 13.6. The zero-order chi connectivity index (χ0) is 15.5. The van der Waals surface area contributed by atoms with Crippen LogP contribution in [-0.4, -0.2) is 17.9 Å². The van der Waals surface area contributed by atoms with Crippen LogP contribution in [0.1, 0.15) is 30.4 Å². The van der Waals surface area contributed by atoms with Crippen molar-refractivity contribution in [1.29, 1.82) is 0 Å². The molecule has 21 heavy (non-hydrogen) atoms. The summed E-state index contributed by atoms with van der Waals surface area (Å²) >= 11 is 0. The van der Waals surface area contributed by atoms with Crippen molar-refractivity contribution in [2.45, 2.75) is 32.0 Å². The minimum atomic E-state index is -4.32. The predicted octanol–water partition coefficient (Wildman–Crippen LogP) is 4.02. The molecule has 1 aliphatic rings. The lowest BCUT2D eigenvalue weighted by atomic mass is 10.0. The van der Waals surface area contributed by atoms with Gasteiger partial charge in [-0.25, -0.2) is 0 Å². The molecule has 0 heterocycles. The van der Waals surface area contributed by atoms with Crippen LogP contribution in [0, 0.1) is 5.92 Å². The summed E-state index contributed by atoms with van der Waals surface area (Å²) in [5.74, 6) is 0.319. The SMILES string of the molecule is CN(Cc1ccc(C(F)(F)F)cc1)C(=O)CC1C=CCC1. The number of hydrogen-bond donors (Lipinski definition) is 0. The first-order valence-electron chi connectivity index (χ1n) is 6.93. The van der Waals surface area contributed by atoms with E-state index in [1.165, 1.54) is 12.1 Å². The molecule has 1 atom stereocenters. The van der Waals surface area contributed by atoms with E-state index in [9.17, 15) is 18.0 Å². The van der Waals surface area contributed by atoms with Gasteiger partial charge in [-0.2, -0.15) is 13.2 Å². The number of rotatable bonds is 4. The van der Waals surface area contributed by atoms with Gasteiger partial charge in [-0.3, -0.25) is 4.79 Å². The lowest BCUT2D eigenvalue weighted by Crippen LogP contribution is -2.27. The summed E-state index contributed by atoms with van der Waals surface area (Å²) in [5, 5.41) is 0. The molecular weight excluding hydrogens is 279 g/mol. The Balaban J connectivity index is 1.91. The Hall–Kier alpha value is -1.78. The molecule has 0 radical (unpaired) electrons. The van der Waals surface area contributed by atoms with Crippen molar-refractivity contribution < 1.29 is 18.0 Å². The molecule has 2 rings (SSSR count). The molecule has 2 nitrogen and oxygen atoms in total. The Morgan fingerprint density at radius 1 is 1.29 bits per heavy atom. The topological polar surface area (TPSA) is 20.3 Å². The summed E-state index contributed by atoms with van der Waals surface area (Å²) in [6.07, 6.45) is 2.29. The van der Waals surface area contributed by atoms with Gasteiger partial charge in [0.1, 0.15) is 0 Å². The highest BCUT2D eigenvalue weighted by molar-refractivity contribution is 5.76. The first-order chi connectivity index (χ1) is 9.86. The van der Waals surface area contributed by atoms with Crippen LogP contribution in [-0.2, 0) is 17.5 Å². The molecule has 1 aromatic rings. The van der Waals surface area contributed by atoms with E-state index in [-0.39, 0.29) is 5.91 Å². The molecule has 0 bridgehead atoms. The highest BCUT2D eigenvalue weighted by atomic mass is 19.4. The minimum Gasteiger partial charge on any atom is -0.341 e. The Kier molecular flexibility index (Phi) is 4.70. The van der Waals surface area contributed by atoms with Crippen molar-refractivity contribution in [3.05, 3.63) is 47.5 Å². The molecule has 0 aromatic heterocycles. The van der Waals surface area contributed by atoms with E-state index in [1.807, 2.05) is 0 Å². The number of carbonyl (C=O) groups is 1. The van der Waals surface area contributed by atoms with Gasteiger partial charge in [0.25, 0.3) is 0 Å². The van der Waals surface area contributed by atoms with E-state index in [4.69, 9.17) is 0 Å². The molecular formula is C16H18F3NO. The summed E-state index contributed by atoms with van der Waals surface area (Å²) in [6, 6.07) is 4.94. The number of halogens is 3. The van der Waals surface area contributed by atoms with Gasteiger partial charge in [0, 0.05) is 20.0 Å². The lowest BCUT2D eigenvalue weighted by molar-refractivity contribution is -0.137. The zero-order valence-electron chi connectivity index (χ0n) is 11.9. The van der Waals surface area contributed by atoms with Crippen molar-refractivity contribution in [2.75, 3.05) is 7.05 Å². The number of allylic oxidation sites excluding steroid dienone is 2. The van der Waals surface area contributed by atoms with E-state index in [0.717, 1.165) is 25.0 Å². The van der Waals surface area contributed by atoms with Crippen LogP contribution in [0.2, 0.25) is 0 Å². The number of hydrogen-bond acceptors (Lipinski definition) is 1. The van der Waals surface area contributed by atoms with Crippen molar-refractivity contribution >= 4 is 5.91 Å². The van der Waals surface area contributed by atoms with E-state index in [1.54, 1.807) is 11.9 Å². The summed E-state index contributed by atoms with van der Waals surface area (Å²) in [5.41, 5.74) is 0.0251. The van der Waals surface area contributed by atoms with Gasteiger partial charge in [-0.05, 0) is 36.5 Å². The molecule has 1 aliphatic carbocycles. The van der Waals surface area contributed by atoms with Crippen molar-refractivity contribution in [1.82, 2.24) is 4.90 Å². The molecule has 0 saturated carbocycles. The maximum absolute atomic E-state index is 12.5. The summed E-state index contributed by atoms with van der Waals surface area (Å²) in [6.45, 7) is 0.327. The monoisotopic (exact) mass is 297 g/mol. The highest BCUT2D eigenvalue weighted by Gasteiger charge is 2.30. The summed E-state index contributed by atoms with van der Waals surface area (Å²) in [7, 11) is 1.68. The van der Waals surface area contributed by atoms with Crippen molar-refractivity contribution in [2.24, 2.45) is 5.92 Å². The number of carbonyl (C=O) groups excluding carboxylic acids is 1. The second-order valence-corrected chi connectivity index (χ2v) is 5.41. The lowest BCUT2D eigenvalue weighted by Gasteiger charge is -2.19. The standard InChI is InChI=1S/C16H18F3NO/c1-20(15(21)10-12-4-2-3-5-12)11-13-6-8-14(9-7-13)16(17,18)19/h2,4,6-9,12H,3,5,10-11H2,1H3. The number of alkyl halides is 3. The van der Waals surface area contributed by atoms with Gasteiger partial charge in [-0.15, -0.1) is 0 Å². The van der Waals surface area contributed by atoms with E-state index in [2.05, 4.69) is 12.2 Å². The number of benzene rings is 1. The molecule has 0 spiro atoms. The molecule has 0 fully saturated rings. The number of nitrogens with zero attached hydrogens (tertiary/aromatic N) is 1. The Labute approximate surface area is 122 Å². The van der Waals surface area contributed by atoms with E-state index < -0.39 is 11.7 Å². The second kappa shape index (κ2) is 6.33. The fourth-order valence-electron chi connectivity index (χ4n) is 2.41. The van der Waals surface area contributed by atoms with Crippen molar-refractivity contribution in [3.8, 4) is 0 Å². The van der Waals surface area contributed by atoms with Crippen LogP contribution in [0.25, 0.3) is 0 Å². The van der Waals surface area contributed by atoms with Crippen LogP contribution in [0.4, 0.5) is 13.2 Å². The maximum atomic E-state index is 12.5. The molecule has 0 aliphatic heterocycles. The highest BCUT2D eigenvalue weighted by Crippen LogP contribution is 2.29. The van der Waals surface area contributed by atoms with Gasteiger partial charge >= 0.3 is 6.18 Å². The van der Waals surface area contributed by atoms with Crippen LogP contribution in [0.15, 0.2) is 36.4 Å². The van der Waals surface area contributed by atoms with Crippen LogP contribution in [0.5, 0.6) is 0 Å². The zero-order valence-corrected chi connectivity index (χ0v) is 11.9. The average Bonchev–Trinajstić information content (AvgIpc) is 2.91. The van der Waals surface area contributed by atoms with Gasteiger partial charge < -0.3 is 4.90 Å². The molecule has 5 heteroatoms. The van der Waals surface area contributed by atoms with Crippen LogP contribution < -0.4 is 0 Å².